The summed E-state index contributed by atoms with van der Waals surface area (Å²) in [6.07, 6.45) is 2.20. The standard InChI is InChI=1S/C20H16N2O4/c1-10-6-14(23)18-16(7-10)26-20(22)12(8-21)17(18)13-9-25-15-5-3-2-4-11(15)19(13)24/h2-5,9-10,17H,6-7,22H2,1H3/t10-,17-/m0/s1. The van der Waals surface area contributed by atoms with Crippen molar-refractivity contribution in [2.45, 2.75) is 25.7 Å². The Labute approximate surface area is 149 Å². The van der Waals surface area contributed by atoms with Crippen molar-refractivity contribution < 1.29 is 13.9 Å². The van der Waals surface area contributed by atoms with E-state index >= 15 is 0 Å². The first kappa shape index (κ1) is 16.2. The summed E-state index contributed by atoms with van der Waals surface area (Å²) in [6, 6.07) is 8.86. The van der Waals surface area contributed by atoms with Crippen LogP contribution in [0.1, 0.15) is 31.2 Å². The molecule has 0 spiro atoms. The average Bonchev–Trinajstić information content (AvgIpc) is 2.61. The van der Waals surface area contributed by atoms with Gasteiger partial charge in [0.1, 0.15) is 23.0 Å². The van der Waals surface area contributed by atoms with E-state index in [1.54, 1.807) is 24.3 Å². The SMILES string of the molecule is C[C@H]1CC(=O)C2=C(C1)OC(N)=C(C#N)[C@H]2c1coc2ccccc2c1=O. The molecule has 1 aliphatic heterocycles. The third kappa shape index (κ3) is 2.32. The average molecular weight is 348 g/mol. The van der Waals surface area contributed by atoms with Crippen LogP contribution >= 0.6 is 0 Å². The fraction of sp³-hybridized carbons (Fsp3) is 0.250. The number of carbonyl (C=O) groups excluding carboxylic acids is 1. The first-order valence-electron chi connectivity index (χ1n) is 8.35. The normalized spacial score (nSPS) is 22.8. The highest BCUT2D eigenvalue weighted by molar-refractivity contribution is 5.99. The molecule has 0 fully saturated rings. The van der Waals surface area contributed by atoms with E-state index in [1.165, 1.54) is 6.26 Å². The molecule has 1 aliphatic carbocycles. The van der Waals surface area contributed by atoms with Crippen molar-refractivity contribution in [2.75, 3.05) is 0 Å². The van der Waals surface area contributed by atoms with Gasteiger partial charge in [-0.25, -0.2) is 0 Å². The molecule has 0 amide bonds. The van der Waals surface area contributed by atoms with Gasteiger partial charge in [0, 0.05) is 24.0 Å². The van der Waals surface area contributed by atoms with Crippen molar-refractivity contribution in [3.8, 4) is 6.07 Å². The van der Waals surface area contributed by atoms with Crippen LogP contribution in [0.3, 0.4) is 0 Å². The molecular formula is C20H16N2O4. The lowest BCUT2D eigenvalue weighted by molar-refractivity contribution is -0.117. The highest BCUT2D eigenvalue weighted by Gasteiger charge is 2.41. The number of allylic oxidation sites excluding steroid dienone is 3. The quantitative estimate of drug-likeness (QED) is 0.849. The second kappa shape index (κ2) is 5.88. The Morgan fingerprint density at radius 1 is 1.23 bits per heavy atom. The number of carbonyl (C=O) groups is 1. The summed E-state index contributed by atoms with van der Waals surface area (Å²) < 4.78 is 11.2. The van der Waals surface area contributed by atoms with Crippen molar-refractivity contribution >= 4 is 16.8 Å². The zero-order valence-corrected chi connectivity index (χ0v) is 14.1. The van der Waals surface area contributed by atoms with Gasteiger partial charge in [0.2, 0.25) is 5.88 Å². The Morgan fingerprint density at radius 3 is 2.77 bits per heavy atom. The van der Waals surface area contributed by atoms with Crippen LogP contribution in [0.5, 0.6) is 0 Å². The number of nitrogens with two attached hydrogens (primary N) is 1. The number of rotatable bonds is 1. The number of ether oxygens (including phenoxy) is 1. The molecule has 0 bridgehead atoms. The third-order valence-electron chi connectivity index (χ3n) is 4.88. The molecule has 0 saturated carbocycles. The van der Waals surface area contributed by atoms with E-state index in [2.05, 4.69) is 0 Å². The lowest BCUT2D eigenvalue weighted by Gasteiger charge is -2.32. The molecule has 4 rings (SSSR count). The van der Waals surface area contributed by atoms with E-state index in [1.807, 2.05) is 13.0 Å². The summed E-state index contributed by atoms with van der Waals surface area (Å²) >= 11 is 0. The van der Waals surface area contributed by atoms with Crippen LogP contribution in [0.25, 0.3) is 11.0 Å². The fourth-order valence-corrected chi connectivity index (χ4v) is 3.70. The molecule has 26 heavy (non-hydrogen) atoms. The van der Waals surface area contributed by atoms with E-state index in [0.717, 1.165) is 0 Å². The van der Waals surface area contributed by atoms with Gasteiger partial charge in [-0.1, -0.05) is 19.1 Å². The van der Waals surface area contributed by atoms with Crippen molar-refractivity contribution in [1.82, 2.24) is 0 Å². The molecular weight excluding hydrogens is 332 g/mol. The van der Waals surface area contributed by atoms with Crippen LogP contribution in [-0.2, 0) is 9.53 Å². The van der Waals surface area contributed by atoms with Crippen molar-refractivity contribution in [1.29, 1.82) is 5.26 Å². The van der Waals surface area contributed by atoms with Crippen LogP contribution in [-0.4, -0.2) is 5.78 Å². The monoisotopic (exact) mass is 348 g/mol. The minimum absolute atomic E-state index is 0.0641. The van der Waals surface area contributed by atoms with E-state index in [4.69, 9.17) is 14.9 Å². The first-order valence-corrected chi connectivity index (χ1v) is 8.35. The minimum atomic E-state index is -0.857. The fourth-order valence-electron chi connectivity index (χ4n) is 3.70. The number of nitriles is 1. The number of benzene rings is 1. The number of Topliss-reactive ketones (excluding diaryl/α,β-unsaturated/α-hetero) is 1. The summed E-state index contributed by atoms with van der Waals surface area (Å²) in [6.45, 7) is 1.95. The number of para-hydroxylation sites is 1. The lowest BCUT2D eigenvalue weighted by atomic mass is 9.75. The Hall–Kier alpha value is -3.33. The van der Waals surface area contributed by atoms with Crippen molar-refractivity contribution in [2.24, 2.45) is 11.7 Å². The number of hydrogen-bond donors (Lipinski definition) is 1. The number of ketones is 1. The first-order chi connectivity index (χ1) is 12.5. The smallest absolute Gasteiger partial charge is 0.205 e. The van der Waals surface area contributed by atoms with E-state index < -0.39 is 5.92 Å². The van der Waals surface area contributed by atoms with E-state index in [0.29, 0.717) is 35.1 Å². The van der Waals surface area contributed by atoms with Gasteiger partial charge in [-0.3, -0.25) is 9.59 Å². The zero-order chi connectivity index (χ0) is 18.4. The number of hydrogen-bond acceptors (Lipinski definition) is 6. The molecule has 6 heteroatoms. The Kier molecular flexibility index (Phi) is 3.66. The van der Waals surface area contributed by atoms with Crippen molar-refractivity contribution in [3.05, 3.63) is 69.1 Å². The summed E-state index contributed by atoms with van der Waals surface area (Å²) in [4.78, 5) is 25.8. The number of nitrogens with zero attached hydrogens (tertiary/aromatic N) is 1. The molecule has 1 aromatic heterocycles. The van der Waals surface area contributed by atoms with Crippen LogP contribution in [0.2, 0.25) is 0 Å². The van der Waals surface area contributed by atoms with Crippen LogP contribution in [0, 0.1) is 17.2 Å². The molecule has 2 aliphatic rings. The molecule has 2 aromatic rings. The Morgan fingerprint density at radius 2 is 2.00 bits per heavy atom. The predicted octanol–water partition coefficient (Wildman–Crippen LogP) is 2.85. The van der Waals surface area contributed by atoms with Crippen LogP contribution < -0.4 is 11.2 Å². The second-order valence-corrected chi connectivity index (χ2v) is 6.71. The molecule has 2 atom stereocenters. The highest BCUT2D eigenvalue weighted by atomic mass is 16.5. The number of fused-ring (bicyclic) bond motifs is 1. The van der Waals surface area contributed by atoms with E-state index in [-0.39, 0.29) is 34.1 Å². The summed E-state index contributed by atoms with van der Waals surface area (Å²) in [5.74, 6) is -0.485. The molecule has 0 unspecified atom stereocenters. The lowest BCUT2D eigenvalue weighted by Crippen LogP contribution is -2.31. The van der Waals surface area contributed by atoms with Gasteiger partial charge in [-0.15, -0.1) is 0 Å². The molecule has 6 nitrogen and oxygen atoms in total. The molecule has 1 aromatic carbocycles. The minimum Gasteiger partial charge on any atom is -0.464 e. The van der Waals surface area contributed by atoms with Gasteiger partial charge < -0.3 is 14.9 Å². The van der Waals surface area contributed by atoms with Gasteiger partial charge in [0.15, 0.2) is 11.2 Å². The van der Waals surface area contributed by atoms with Gasteiger partial charge in [-0.05, 0) is 18.1 Å². The van der Waals surface area contributed by atoms with Gasteiger partial charge in [0.25, 0.3) is 0 Å². The second-order valence-electron chi connectivity index (χ2n) is 6.71. The van der Waals surface area contributed by atoms with Crippen LogP contribution in [0.4, 0.5) is 0 Å². The molecule has 2 N–H and O–H groups in total. The molecule has 0 saturated heterocycles. The summed E-state index contributed by atoms with van der Waals surface area (Å²) in [5.41, 5.74) is 6.73. The van der Waals surface area contributed by atoms with E-state index in [9.17, 15) is 14.9 Å². The maximum absolute atomic E-state index is 13.0. The Balaban J connectivity index is 1.99. The van der Waals surface area contributed by atoms with Crippen molar-refractivity contribution in [3.63, 3.8) is 0 Å². The predicted molar refractivity (Wildman–Crippen MR) is 93.6 cm³/mol. The molecule has 130 valence electrons. The van der Waals surface area contributed by atoms with Gasteiger partial charge in [-0.2, -0.15) is 5.26 Å². The maximum atomic E-state index is 13.0. The zero-order valence-electron chi connectivity index (χ0n) is 14.1. The third-order valence-corrected chi connectivity index (χ3v) is 4.88. The Bertz CT molecular complexity index is 1100. The maximum Gasteiger partial charge on any atom is 0.205 e. The topological polar surface area (TPSA) is 106 Å². The largest absolute Gasteiger partial charge is 0.464 e. The highest BCUT2D eigenvalue weighted by Crippen LogP contribution is 2.43. The summed E-state index contributed by atoms with van der Waals surface area (Å²) in [7, 11) is 0. The van der Waals surface area contributed by atoms with Gasteiger partial charge >= 0.3 is 0 Å². The molecule has 0 radical (unpaired) electrons. The van der Waals surface area contributed by atoms with Crippen LogP contribution in [0.15, 0.2) is 62.5 Å². The summed E-state index contributed by atoms with van der Waals surface area (Å²) in [5, 5.41) is 9.99. The van der Waals surface area contributed by atoms with Gasteiger partial charge in [0.05, 0.1) is 17.6 Å². The molecule has 2 heterocycles.